The lowest BCUT2D eigenvalue weighted by molar-refractivity contribution is 0.822. The second-order valence-electron chi connectivity index (χ2n) is 5.12. The number of nitrogens with one attached hydrogen (secondary N) is 1. The molecule has 0 spiro atoms. The number of hydrogen-bond donors (Lipinski definition) is 2. The van der Waals surface area contributed by atoms with Crippen LogP contribution in [-0.2, 0) is 0 Å². The first-order valence-electron chi connectivity index (χ1n) is 6.05. The molecule has 1 fully saturated rings. The summed E-state index contributed by atoms with van der Waals surface area (Å²) in [6, 6.07) is 9.88. The quantitative estimate of drug-likeness (QED) is 0.830. The van der Waals surface area contributed by atoms with E-state index in [9.17, 15) is 0 Å². The van der Waals surface area contributed by atoms with Crippen molar-refractivity contribution < 1.29 is 0 Å². The maximum atomic E-state index is 5.80. The zero-order valence-electron chi connectivity index (χ0n) is 10.2. The van der Waals surface area contributed by atoms with Crippen LogP contribution in [0.1, 0.15) is 25.3 Å². The summed E-state index contributed by atoms with van der Waals surface area (Å²) in [4.78, 5) is 5.03. The van der Waals surface area contributed by atoms with Gasteiger partial charge in [0.1, 0.15) is 10.8 Å². The van der Waals surface area contributed by atoms with Gasteiger partial charge in [-0.2, -0.15) is 0 Å². The molecule has 3 N–H and O–H groups in total. The molecule has 1 aliphatic carbocycles. The Balaban J connectivity index is 2.13. The van der Waals surface area contributed by atoms with Crippen LogP contribution in [0.4, 0.5) is 5.82 Å². The molecular weight excluding hydrogens is 242 g/mol. The number of nitrogens with zero attached hydrogens (tertiary/aromatic N) is 1. The van der Waals surface area contributed by atoms with E-state index in [1.807, 2.05) is 30.3 Å². The lowest BCUT2D eigenvalue weighted by Gasteiger charge is -2.14. The van der Waals surface area contributed by atoms with Gasteiger partial charge in [0, 0.05) is 16.5 Å². The van der Waals surface area contributed by atoms with Crippen LogP contribution in [0.3, 0.4) is 0 Å². The average Bonchev–Trinajstić information content (AvgIpc) is 3.05. The van der Waals surface area contributed by atoms with E-state index in [0.717, 1.165) is 22.3 Å². The minimum absolute atomic E-state index is 0.197. The van der Waals surface area contributed by atoms with Gasteiger partial charge in [-0.15, -0.1) is 0 Å². The summed E-state index contributed by atoms with van der Waals surface area (Å²) in [5.74, 6) is 0.858. The Morgan fingerprint density at radius 2 is 2.11 bits per heavy atom. The van der Waals surface area contributed by atoms with Gasteiger partial charge < -0.3 is 11.1 Å². The smallest absolute Gasteiger partial charge is 0.127 e. The Hall–Kier alpha value is -1.68. The summed E-state index contributed by atoms with van der Waals surface area (Å²) in [6.45, 7) is 2.20. The number of fused-ring (bicyclic) bond motifs is 1. The first-order chi connectivity index (χ1) is 8.57. The van der Waals surface area contributed by atoms with Crippen LogP contribution in [0.15, 0.2) is 30.3 Å². The van der Waals surface area contributed by atoms with Gasteiger partial charge in [-0.05, 0) is 31.9 Å². The molecule has 0 bridgehead atoms. The number of para-hydroxylation sites is 1. The SMILES string of the molecule is CC1(Nc2cc(C(N)=S)c3ccccc3n2)CC1. The van der Waals surface area contributed by atoms with E-state index in [4.69, 9.17) is 18.0 Å². The van der Waals surface area contributed by atoms with Crippen molar-refractivity contribution in [1.82, 2.24) is 4.98 Å². The molecule has 3 nitrogen and oxygen atoms in total. The fraction of sp³-hybridized carbons (Fsp3) is 0.286. The molecule has 4 heteroatoms. The van der Waals surface area contributed by atoms with Gasteiger partial charge >= 0.3 is 0 Å². The van der Waals surface area contributed by atoms with Crippen LogP contribution in [0.2, 0.25) is 0 Å². The van der Waals surface area contributed by atoms with Crippen LogP contribution < -0.4 is 11.1 Å². The normalized spacial score (nSPS) is 16.5. The van der Waals surface area contributed by atoms with Crippen molar-refractivity contribution in [3.05, 3.63) is 35.9 Å². The van der Waals surface area contributed by atoms with E-state index in [1.165, 1.54) is 12.8 Å². The highest BCUT2D eigenvalue weighted by molar-refractivity contribution is 7.80. The van der Waals surface area contributed by atoms with Crippen molar-refractivity contribution in [2.24, 2.45) is 5.73 Å². The number of rotatable bonds is 3. The molecule has 0 atom stereocenters. The lowest BCUT2D eigenvalue weighted by atomic mass is 10.1. The molecule has 0 unspecified atom stereocenters. The van der Waals surface area contributed by atoms with Crippen LogP contribution in [0.25, 0.3) is 10.9 Å². The van der Waals surface area contributed by atoms with Gasteiger partial charge in [-0.3, -0.25) is 0 Å². The number of anilines is 1. The van der Waals surface area contributed by atoms with Gasteiger partial charge in [-0.25, -0.2) is 4.98 Å². The Kier molecular flexibility index (Phi) is 2.48. The molecule has 0 aliphatic heterocycles. The monoisotopic (exact) mass is 257 g/mol. The van der Waals surface area contributed by atoms with E-state index in [-0.39, 0.29) is 5.54 Å². The molecular formula is C14H15N3S. The van der Waals surface area contributed by atoms with Crippen molar-refractivity contribution in [2.45, 2.75) is 25.3 Å². The number of nitrogens with two attached hydrogens (primary N) is 1. The van der Waals surface area contributed by atoms with Gasteiger partial charge in [0.15, 0.2) is 0 Å². The van der Waals surface area contributed by atoms with Crippen molar-refractivity contribution in [2.75, 3.05) is 5.32 Å². The number of benzene rings is 1. The van der Waals surface area contributed by atoms with Gasteiger partial charge in [0.2, 0.25) is 0 Å². The molecule has 0 amide bonds. The molecule has 1 heterocycles. The Morgan fingerprint density at radius 3 is 2.78 bits per heavy atom. The summed E-state index contributed by atoms with van der Waals surface area (Å²) < 4.78 is 0. The third-order valence-corrected chi connectivity index (χ3v) is 3.63. The highest BCUT2D eigenvalue weighted by Crippen LogP contribution is 2.38. The van der Waals surface area contributed by atoms with Crippen molar-refractivity contribution in [3.8, 4) is 0 Å². The zero-order chi connectivity index (χ0) is 12.8. The minimum atomic E-state index is 0.197. The summed E-state index contributed by atoms with van der Waals surface area (Å²) >= 11 is 5.13. The average molecular weight is 257 g/mol. The molecule has 18 heavy (non-hydrogen) atoms. The largest absolute Gasteiger partial charge is 0.389 e. The minimum Gasteiger partial charge on any atom is -0.389 e. The van der Waals surface area contributed by atoms with Gasteiger partial charge in [-0.1, -0.05) is 30.4 Å². The number of hydrogen-bond acceptors (Lipinski definition) is 3. The second kappa shape index (κ2) is 3.92. The molecule has 0 saturated heterocycles. The standard InChI is InChI=1S/C14H15N3S/c1-14(6-7-14)17-12-8-10(13(15)18)9-4-2-3-5-11(9)16-12/h2-5,8H,6-7H2,1H3,(H2,15,18)(H,16,17). The molecule has 1 aromatic heterocycles. The number of aromatic nitrogens is 1. The zero-order valence-corrected chi connectivity index (χ0v) is 11.1. The first-order valence-corrected chi connectivity index (χ1v) is 6.46. The van der Waals surface area contributed by atoms with E-state index in [0.29, 0.717) is 4.99 Å². The maximum absolute atomic E-state index is 5.80. The van der Waals surface area contributed by atoms with Crippen molar-refractivity contribution >= 4 is 33.9 Å². The lowest BCUT2D eigenvalue weighted by Crippen LogP contribution is -2.18. The van der Waals surface area contributed by atoms with Crippen LogP contribution in [0, 0.1) is 0 Å². The molecule has 1 aliphatic rings. The number of pyridine rings is 1. The topological polar surface area (TPSA) is 50.9 Å². The predicted octanol–water partition coefficient (Wildman–Crippen LogP) is 2.83. The molecule has 1 aromatic carbocycles. The molecule has 3 rings (SSSR count). The number of thiocarbonyl (C=S) groups is 1. The third kappa shape index (κ3) is 2.04. The summed E-state index contributed by atoms with van der Waals surface area (Å²) in [5, 5.41) is 4.46. The summed E-state index contributed by atoms with van der Waals surface area (Å²) in [5.41, 5.74) is 7.82. The highest BCUT2D eigenvalue weighted by atomic mass is 32.1. The van der Waals surface area contributed by atoms with Crippen molar-refractivity contribution in [1.29, 1.82) is 0 Å². The predicted molar refractivity (Wildman–Crippen MR) is 78.9 cm³/mol. The third-order valence-electron chi connectivity index (χ3n) is 3.41. The van der Waals surface area contributed by atoms with Crippen molar-refractivity contribution in [3.63, 3.8) is 0 Å². The Labute approximate surface area is 111 Å². The van der Waals surface area contributed by atoms with Crippen LogP contribution >= 0.6 is 12.2 Å². The highest BCUT2D eigenvalue weighted by Gasteiger charge is 2.37. The fourth-order valence-electron chi connectivity index (χ4n) is 2.06. The fourth-order valence-corrected chi connectivity index (χ4v) is 2.23. The van der Waals surface area contributed by atoms with E-state index < -0.39 is 0 Å². The first kappa shape index (κ1) is 11.4. The summed E-state index contributed by atoms with van der Waals surface area (Å²) in [6.07, 6.45) is 2.37. The van der Waals surface area contributed by atoms with E-state index in [2.05, 4.69) is 17.2 Å². The van der Waals surface area contributed by atoms with E-state index >= 15 is 0 Å². The Morgan fingerprint density at radius 1 is 1.39 bits per heavy atom. The molecule has 2 aromatic rings. The van der Waals surface area contributed by atoms with E-state index in [1.54, 1.807) is 0 Å². The van der Waals surface area contributed by atoms with Gasteiger partial charge in [0.05, 0.1) is 5.52 Å². The molecule has 1 saturated carbocycles. The van der Waals surface area contributed by atoms with Crippen LogP contribution in [-0.4, -0.2) is 15.5 Å². The second-order valence-corrected chi connectivity index (χ2v) is 5.56. The molecule has 0 radical (unpaired) electrons. The van der Waals surface area contributed by atoms with Gasteiger partial charge in [0.25, 0.3) is 0 Å². The maximum Gasteiger partial charge on any atom is 0.127 e. The molecule has 92 valence electrons. The Bertz CT molecular complexity index is 632. The summed E-state index contributed by atoms with van der Waals surface area (Å²) in [7, 11) is 0. The van der Waals surface area contributed by atoms with Crippen LogP contribution in [0.5, 0.6) is 0 Å².